The second kappa shape index (κ2) is 11.1. The summed E-state index contributed by atoms with van der Waals surface area (Å²) >= 11 is 0. The van der Waals surface area contributed by atoms with Crippen LogP contribution in [0.25, 0.3) is 0 Å². The minimum Gasteiger partial charge on any atom is -0.484 e. The van der Waals surface area contributed by atoms with Gasteiger partial charge in [-0.1, -0.05) is 45.4 Å². The molecule has 150 valence electrons. The summed E-state index contributed by atoms with van der Waals surface area (Å²) in [7, 11) is 0. The van der Waals surface area contributed by atoms with E-state index in [0.717, 1.165) is 19.3 Å². The van der Waals surface area contributed by atoms with E-state index < -0.39 is 0 Å². The van der Waals surface area contributed by atoms with Crippen molar-refractivity contribution in [1.29, 1.82) is 0 Å². The molecule has 0 radical (unpaired) electrons. The van der Waals surface area contributed by atoms with Gasteiger partial charge in [-0.2, -0.15) is 0 Å². The molecule has 0 fully saturated rings. The summed E-state index contributed by atoms with van der Waals surface area (Å²) in [6.07, 6.45) is 3.42. The number of benzene rings is 2. The largest absolute Gasteiger partial charge is 0.484 e. The van der Waals surface area contributed by atoms with Crippen molar-refractivity contribution in [3.63, 3.8) is 0 Å². The molecule has 2 aromatic carbocycles. The summed E-state index contributed by atoms with van der Waals surface area (Å²) in [5.74, 6) is 0.904. The van der Waals surface area contributed by atoms with Crippen molar-refractivity contribution in [3.8, 4) is 5.75 Å². The average Bonchev–Trinajstić information content (AvgIpc) is 2.70. The van der Waals surface area contributed by atoms with Crippen molar-refractivity contribution in [1.82, 2.24) is 0 Å². The monoisotopic (exact) mass is 382 g/mol. The van der Waals surface area contributed by atoms with Crippen LogP contribution in [0.2, 0.25) is 0 Å². The van der Waals surface area contributed by atoms with Crippen LogP contribution in [0.15, 0.2) is 48.5 Å². The Morgan fingerprint density at radius 1 is 0.964 bits per heavy atom. The van der Waals surface area contributed by atoms with Crippen LogP contribution < -0.4 is 15.4 Å². The maximum Gasteiger partial charge on any atom is 0.262 e. The average molecular weight is 383 g/mol. The van der Waals surface area contributed by atoms with Gasteiger partial charge in [-0.05, 0) is 54.7 Å². The van der Waals surface area contributed by atoms with Crippen LogP contribution in [0.3, 0.4) is 0 Å². The molecule has 0 bridgehead atoms. The van der Waals surface area contributed by atoms with Gasteiger partial charge in [0.2, 0.25) is 5.91 Å². The van der Waals surface area contributed by atoms with Crippen molar-refractivity contribution in [2.45, 2.75) is 52.4 Å². The van der Waals surface area contributed by atoms with Gasteiger partial charge in [-0.25, -0.2) is 0 Å². The number of nitrogens with one attached hydrogen (secondary N) is 2. The molecule has 0 spiro atoms. The molecular weight excluding hydrogens is 352 g/mol. The fraction of sp³-hybridized carbons (Fsp3) is 0.391. The van der Waals surface area contributed by atoms with E-state index in [1.165, 1.54) is 5.56 Å². The van der Waals surface area contributed by atoms with E-state index in [4.69, 9.17) is 4.74 Å². The molecule has 0 aliphatic carbocycles. The molecule has 2 amide bonds. The Hall–Kier alpha value is -2.82. The second-order valence-corrected chi connectivity index (χ2v) is 6.95. The van der Waals surface area contributed by atoms with Crippen molar-refractivity contribution >= 4 is 23.2 Å². The summed E-state index contributed by atoms with van der Waals surface area (Å²) in [5.41, 5.74) is 2.55. The minimum atomic E-state index is -0.250. The Morgan fingerprint density at radius 3 is 2.21 bits per heavy atom. The molecule has 2 aromatic rings. The third-order valence-corrected chi connectivity index (χ3v) is 4.62. The fourth-order valence-corrected chi connectivity index (χ4v) is 2.71. The second-order valence-electron chi connectivity index (χ2n) is 6.95. The maximum atomic E-state index is 12.2. The van der Waals surface area contributed by atoms with Crippen molar-refractivity contribution < 1.29 is 14.3 Å². The third-order valence-electron chi connectivity index (χ3n) is 4.62. The van der Waals surface area contributed by atoms with E-state index in [-0.39, 0.29) is 18.4 Å². The minimum absolute atomic E-state index is 0.0190. The van der Waals surface area contributed by atoms with Gasteiger partial charge in [0.1, 0.15) is 5.75 Å². The summed E-state index contributed by atoms with van der Waals surface area (Å²) in [6, 6.07) is 15.0. The molecule has 1 atom stereocenters. The van der Waals surface area contributed by atoms with Gasteiger partial charge in [0.15, 0.2) is 6.61 Å². The molecule has 5 heteroatoms. The number of ether oxygens (including phenoxy) is 1. The first-order valence-electron chi connectivity index (χ1n) is 9.94. The van der Waals surface area contributed by atoms with E-state index in [1.807, 2.05) is 31.2 Å². The van der Waals surface area contributed by atoms with Gasteiger partial charge in [0, 0.05) is 17.8 Å². The Balaban J connectivity index is 1.84. The van der Waals surface area contributed by atoms with Gasteiger partial charge >= 0.3 is 0 Å². The smallest absolute Gasteiger partial charge is 0.262 e. The lowest BCUT2D eigenvalue weighted by Gasteiger charge is -2.11. The highest BCUT2D eigenvalue weighted by atomic mass is 16.5. The third kappa shape index (κ3) is 7.06. The number of hydrogen-bond donors (Lipinski definition) is 2. The molecule has 5 nitrogen and oxygen atoms in total. The lowest BCUT2D eigenvalue weighted by atomic mass is 9.99. The van der Waals surface area contributed by atoms with E-state index in [1.54, 1.807) is 24.3 Å². The van der Waals surface area contributed by atoms with E-state index >= 15 is 0 Å². The number of anilines is 2. The highest BCUT2D eigenvalue weighted by Gasteiger charge is 2.07. The van der Waals surface area contributed by atoms with E-state index in [2.05, 4.69) is 24.5 Å². The highest BCUT2D eigenvalue weighted by Crippen LogP contribution is 2.21. The Kier molecular flexibility index (Phi) is 8.53. The Morgan fingerprint density at radius 2 is 1.61 bits per heavy atom. The quantitative estimate of drug-likeness (QED) is 0.582. The van der Waals surface area contributed by atoms with Gasteiger partial charge in [-0.15, -0.1) is 0 Å². The summed E-state index contributed by atoms with van der Waals surface area (Å²) in [4.78, 5) is 24.0. The van der Waals surface area contributed by atoms with Crippen LogP contribution in [-0.2, 0) is 9.59 Å². The summed E-state index contributed by atoms with van der Waals surface area (Å²) in [5, 5.41) is 5.64. The first-order chi connectivity index (χ1) is 13.5. The van der Waals surface area contributed by atoms with Gasteiger partial charge in [-0.3, -0.25) is 9.59 Å². The van der Waals surface area contributed by atoms with Crippen LogP contribution >= 0.6 is 0 Å². The Labute approximate surface area is 167 Å². The maximum absolute atomic E-state index is 12.2. The molecule has 0 aliphatic rings. The fourth-order valence-electron chi connectivity index (χ4n) is 2.71. The molecule has 28 heavy (non-hydrogen) atoms. The predicted octanol–water partition coefficient (Wildman–Crippen LogP) is 5.35. The predicted molar refractivity (Wildman–Crippen MR) is 114 cm³/mol. The molecule has 0 saturated carbocycles. The summed E-state index contributed by atoms with van der Waals surface area (Å²) < 4.78 is 5.57. The first-order valence-corrected chi connectivity index (χ1v) is 9.94. The number of rotatable bonds is 10. The van der Waals surface area contributed by atoms with Crippen LogP contribution in [-0.4, -0.2) is 18.4 Å². The molecule has 0 aromatic heterocycles. The molecule has 0 unspecified atom stereocenters. The van der Waals surface area contributed by atoms with Gasteiger partial charge in [0.05, 0.1) is 0 Å². The lowest BCUT2D eigenvalue weighted by Crippen LogP contribution is -2.20. The number of carbonyl (C=O) groups is 2. The topological polar surface area (TPSA) is 67.4 Å². The number of unbranched alkanes of at least 4 members (excludes halogenated alkanes) is 1. The van der Waals surface area contributed by atoms with Crippen LogP contribution in [0.1, 0.15) is 57.9 Å². The molecule has 0 saturated heterocycles. The molecule has 0 aliphatic heterocycles. The molecule has 0 heterocycles. The number of amides is 2. The lowest BCUT2D eigenvalue weighted by molar-refractivity contribution is -0.118. The standard InChI is InChI=1S/C23H30N2O3/c1-4-6-10-22(26)24-19-8-7-9-20(15-19)25-23(27)16-28-21-13-11-18(12-14-21)17(3)5-2/h7-9,11-15,17H,4-6,10,16H2,1-3H3,(H,24,26)(H,25,27)/t17-/m1/s1. The Bertz CT molecular complexity index is 772. The highest BCUT2D eigenvalue weighted by molar-refractivity contribution is 5.94. The molecule has 2 N–H and O–H groups in total. The van der Waals surface area contributed by atoms with Crippen LogP contribution in [0.4, 0.5) is 11.4 Å². The van der Waals surface area contributed by atoms with E-state index in [0.29, 0.717) is 29.5 Å². The first kappa shape index (κ1) is 21.5. The zero-order chi connectivity index (χ0) is 20.4. The number of hydrogen-bond acceptors (Lipinski definition) is 3. The van der Waals surface area contributed by atoms with Crippen LogP contribution in [0.5, 0.6) is 5.75 Å². The van der Waals surface area contributed by atoms with Gasteiger partial charge in [0.25, 0.3) is 5.91 Å². The van der Waals surface area contributed by atoms with Crippen LogP contribution in [0, 0.1) is 0 Å². The van der Waals surface area contributed by atoms with E-state index in [9.17, 15) is 9.59 Å². The SMILES string of the molecule is CCCCC(=O)Nc1cccc(NC(=O)COc2ccc([C@H](C)CC)cc2)c1. The molecule has 2 rings (SSSR count). The van der Waals surface area contributed by atoms with Crippen molar-refractivity contribution in [3.05, 3.63) is 54.1 Å². The summed E-state index contributed by atoms with van der Waals surface area (Å²) in [6.45, 7) is 6.32. The zero-order valence-corrected chi connectivity index (χ0v) is 17.0. The molecular formula is C23H30N2O3. The number of carbonyl (C=O) groups excluding carboxylic acids is 2. The van der Waals surface area contributed by atoms with Gasteiger partial charge < -0.3 is 15.4 Å². The van der Waals surface area contributed by atoms with Crippen molar-refractivity contribution in [2.24, 2.45) is 0 Å². The normalized spacial score (nSPS) is 11.5. The van der Waals surface area contributed by atoms with Crippen molar-refractivity contribution in [2.75, 3.05) is 17.2 Å². The zero-order valence-electron chi connectivity index (χ0n) is 17.0.